The van der Waals surface area contributed by atoms with Crippen molar-refractivity contribution < 1.29 is 4.42 Å². The van der Waals surface area contributed by atoms with Crippen molar-refractivity contribution in [1.29, 1.82) is 0 Å². The molecule has 0 saturated carbocycles. The van der Waals surface area contributed by atoms with Crippen LogP contribution in [0.4, 0.5) is 0 Å². The quantitative estimate of drug-likeness (QED) is 0.567. The Morgan fingerprint density at radius 2 is 1.62 bits per heavy atom. The molecule has 1 heteroatoms. The Bertz CT molecular complexity index is 647. The highest BCUT2D eigenvalue weighted by Crippen LogP contribution is 2.30. The zero-order chi connectivity index (χ0) is 11.1. The Hall–Kier alpha value is -1.76. The van der Waals surface area contributed by atoms with E-state index < -0.39 is 0 Å². The molecule has 0 spiro atoms. The molecule has 3 aromatic rings. The summed E-state index contributed by atoms with van der Waals surface area (Å²) in [7, 11) is 0. The molecule has 0 N–H and O–H groups in total. The zero-order valence-electron chi connectivity index (χ0n) is 9.53. The van der Waals surface area contributed by atoms with E-state index in [1.807, 2.05) is 18.2 Å². The molecule has 1 nitrogen and oxygen atoms in total. The second-order valence-electron chi connectivity index (χ2n) is 4.51. The minimum absolute atomic E-state index is 0.539. The van der Waals surface area contributed by atoms with E-state index >= 15 is 0 Å². The van der Waals surface area contributed by atoms with Gasteiger partial charge in [-0.3, -0.25) is 0 Å². The van der Waals surface area contributed by atoms with E-state index in [2.05, 4.69) is 38.1 Å². The average Bonchev–Trinajstić information content (AvgIpc) is 2.66. The van der Waals surface area contributed by atoms with Crippen LogP contribution < -0.4 is 0 Å². The summed E-state index contributed by atoms with van der Waals surface area (Å²) in [5, 5.41) is 2.41. The maximum Gasteiger partial charge on any atom is 0.135 e. The zero-order valence-corrected chi connectivity index (χ0v) is 9.53. The summed E-state index contributed by atoms with van der Waals surface area (Å²) in [4.78, 5) is 0. The van der Waals surface area contributed by atoms with Crippen LogP contribution >= 0.6 is 0 Å². The van der Waals surface area contributed by atoms with Crippen molar-refractivity contribution in [2.45, 2.75) is 19.8 Å². The number of rotatable bonds is 1. The molecule has 16 heavy (non-hydrogen) atoms. The van der Waals surface area contributed by atoms with E-state index in [-0.39, 0.29) is 0 Å². The van der Waals surface area contributed by atoms with Crippen molar-refractivity contribution >= 4 is 21.9 Å². The number of hydrogen-bond donors (Lipinski definition) is 0. The Morgan fingerprint density at radius 1 is 0.875 bits per heavy atom. The number of benzene rings is 2. The molecule has 0 aliphatic heterocycles. The van der Waals surface area contributed by atoms with E-state index in [0.29, 0.717) is 5.92 Å². The minimum atomic E-state index is 0.539. The normalized spacial score (nSPS) is 11.7. The van der Waals surface area contributed by atoms with Gasteiger partial charge < -0.3 is 4.42 Å². The molecular formula is C15H14O. The SMILES string of the molecule is CC(C)c1ccc2c(c1)oc1ccccc12. The van der Waals surface area contributed by atoms with Crippen LogP contribution in [0.25, 0.3) is 21.9 Å². The summed E-state index contributed by atoms with van der Waals surface area (Å²) in [6.45, 7) is 4.40. The molecule has 0 atom stereocenters. The summed E-state index contributed by atoms with van der Waals surface area (Å²) >= 11 is 0. The van der Waals surface area contributed by atoms with Gasteiger partial charge in [-0.25, -0.2) is 0 Å². The molecule has 2 aromatic carbocycles. The molecule has 0 amide bonds. The van der Waals surface area contributed by atoms with Crippen molar-refractivity contribution in [2.24, 2.45) is 0 Å². The molecule has 1 aromatic heterocycles. The molecule has 0 bridgehead atoms. The molecule has 1 heterocycles. The van der Waals surface area contributed by atoms with E-state index in [4.69, 9.17) is 4.42 Å². The lowest BCUT2D eigenvalue weighted by molar-refractivity contribution is 0.667. The van der Waals surface area contributed by atoms with Crippen molar-refractivity contribution in [3.63, 3.8) is 0 Å². The second kappa shape index (κ2) is 3.38. The molecule has 0 aliphatic carbocycles. The lowest BCUT2D eigenvalue weighted by Gasteiger charge is -2.03. The predicted octanol–water partition coefficient (Wildman–Crippen LogP) is 4.71. The summed E-state index contributed by atoms with van der Waals surface area (Å²) < 4.78 is 5.84. The molecule has 0 aliphatic rings. The van der Waals surface area contributed by atoms with E-state index in [1.165, 1.54) is 16.3 Å². The standard InChI is InChI=1S/C15H14O/c1-10(2)11-7-8-13-12-5-3-4-6-14(12)16-15(13)9-11/h3-10H,1-2H3. The van der Waals surface area contributed by atoms with Gasteiger partial charge in [0, 0.05) is 10.8 Å². The first kappa shape index (κ1) is 9.46. The largest absolute Gasteiger partial charge is 0.456 e. The minimum Gasteiger partial charge on any atom is -0.456 e. The highest BCUT2D eigenvalue weighted by atomic mass is 16.3. The van der Waals surface area contributed by atoms with Gasteiger partial charge in [-0.1, -0.05) is 44.2 Å². The summed E-state index contributed by atoms with van der Waals surface area (Å²) in [5.41, 5.74) is 3.29. The van der Waals surface area contributed by atoms with Crippen molar-refractivity contribution in [1.82, 2.24) is 0 Å². The van der Waals surface area contributed by atoms with Crippen LogP contribution in [0.1, 0.15) is 25.3 Å². The van der Waals surface area contributed by atoms with E-state index in [9.17, 15) is 0 Å². The maximum absolute atomic E-state index is 5.84. The first-order chi connectivity index (χ1) is 7.75. The van der Waals surface area contributed by atoms with Crippen LogP contribution in [0.2, 0.25) is 0 Å². The fraction of sp³-hybridized carbons (Fsp3) is 0.200. The molecule has 0 saturated heterocycles. The van der Waals surface area contributed by atoms with E-state index in [0.717, 1.165) is 11.2 Å². The number of furan rings is 1. The van der Waals surface area contributed by atoms with Crippen LogP contribution in [0.3, 0.4) is 0 Å². The van der Waals surface area contributed by atoms with Gasteiger partial charge in [0.2, 0.25) is 0 Å². The second-order valence-corrected chi connectivity index (χ2v) is 4.51. The van der Waals surface area contributed by atoms with Crippen molar-refractivity contribution in [2.75, 3.05) is 0 Å². The lowest BCUT2D eigenvalue weighted by atomic mass is 10.0. The highest BCUT2D eigenvalue weighted by molar-refractivity contribution is 6.04. The Morgan fingerprint density at radius 3 is 2.44 bits per heavy atom. The van der Waals surface area contributed by atoms with Gasteiger partial charge in [0.1, 0.15) is 11.2 Å². The van der Waals surface area contributed by atoms with Gasteiger partial charge in [-0.05, 0) is 23.6 Å². The summed E-state index contributed by atoms with van der Waals surface area (Å²) in [5.74, 6) is 0.539. The number of hydrogen-bond acceptors (Lipinski definition) is 1. The van der Waals surface area contributed by atoms with Crippen molar-refractivity contribution in [3.8, 4) is 0 Å². The summed E-state index contributed by atoms with van der Waals surface area (Å²) in [6.07, 6.45) is 0. The molecule has 0 fully saturated rings. The van der Waals surface area contributed by atoms with Gasteiger partial charge >= 0.3 is 0 Å². The van der Waals surface area contributed by atoms with Crippen LogP contribution in [-0.2, 0) is 0 Å². The monoisotopic (exact) mass is 210 g/mol. The third-order valence-electron chi connectivity index (χ3n) is 3.07. The fourth-order valence-electron chi connectivity index (χ4n) is 2.10. The van der Waals surface area contributed by atoms with Crippen LogP contribution in [0.15, 0.2) is 46.9 Å². The average molecular weight is 210 g/mol. The third-order valence-corrected chi connectivity index (χ3v) is 3.07. The van der Waals surface area contributed by atoms with Gasteiger partial charge in [0.25, 0.3) is 0 Å². The first-order valence-corrected chi connectivity index (χ1v) is 5.67. The predicted molar refractivity (Wildman–Crippen MR) is 67.8 cm³/mol. The van der Waals surface area contributed by atoms with Gasteiger partial charge in [-0.15, -0.1) is 0 Å². The fourth-order valence-corrected chi connectivity index (χ4v) is 2.10. The van der Waals surface area contributed by atoms with Gasteiger partial charge in [-0.2, -0.15) is 0 Å². The molecule has 3 rings (SSSR count). The Balaban J connectivity index is 2.37. The molecule has 0 unspecified atom stereocenters. The topological polar surface area (TPSA) is 13.1 Å². The van der Waals surface area contributed by atoms with Gasteiger partial charge in [0.05, 0.1) is 0 Å². The van der Waals surface area contributed by atoms with Crippen LogP contribution in [-0.4, -0.2) is 0 Å². The smallest absolute Gasteiger partial charge is 0.135 e. The Labute approximate surface area is 94.7 Å². The van der Waals surface area contributed by atoms with Crippen molar-refractivity contribution in [3.05, 3.63) is 48.0 Å². The maximum atomic E-state index is 5.84. The first-order valence-electron chi connectivity index (χ1n) is 5.67. The lowest BCUT2D eigenvalue weighted by Crippen LogP contribution is -1.84. The number of fused-ring (bicyclic) bond motifs is 3. The van der Waals surface area contributed by atoms with Crippen LogP contribution in [0.5, 0.6) is 0 Å². The molecule has 0 radical (unpaired) electrons. The summed E-state index contributed by atoms with van der Waals surface area (Å²) in [6, 6.07) is 14.7. The van der Waals surface area contributed by atoms with Gasteiger partial charge in [0.15, 0.2) is 0 Å². The highest BCUT2D eigenvalue weighted by Gasteiger charge is 2.07. The molecular weight excluding hydrogens is 196 g/mol. The number of para-hydroxylation sites is 1. The van der Waals surface area contributed by atoms with E-state index in [1.54, 1.807) is 0 Å². The van der Waals surface area contributed by atoms with Crippen LogP contribution in [0, 0.1) is 0 Å². The molecule has 80 valence electrons. The Kier molecular flexibility index (Phi) is 2.00. The third kappa shape index (κ3) is 1.32.